The molecule has 0 saturated heterocycles. The molecule has 152 valence electrons. The normalized spacial score (nSPS) is 12.3. The smallest absolute Gasteiger partial charge is 0.313 e. The second-order valence-corrected chi connectivity index (χ2v) is 7.91. The van der Waals surface area contributed by atoms with Crippen LogP contribution in [0.5, 0.6) is 0 Å². The van der Waals surface area contributed by atoms with Crippen LogP contribution >= 0.6 is 0 Å². The van der Waals surface area contributed by atoms with Gasteiger partial charge in [-0.15, -0.1) is 0 Å². The molecule has 3 aromatic rings. The van der Waals surface area contributed by atoms with Crippen molar-refractivity contribution >= 4 is 28.6 Å². The van der Waals surface area contributed by atoms with Gasteiger partial charge in [0.15, 0.2) is 11.5 Å². The van der Waals surface area contributed by atoms with Crippen molar-refractivity contribution < 1.29 is 14.0 Å². The van der Waals surface area contributed by atoms with E-state index in [1.807, 2.05) is 44.2 Å². The summed E-state index contributed by atoms with van der Waals surface area (Å²) in [6.07, 6.45) is 0.742. The molecule has 2 N–H and O–H groups in total. The lowest BCUT2D eigenvalue weighted by Crippen LogP contribution is -2.38. The number of hydrogen-bond donors (Lipinski definition) is 2. The Kier molecular flexibility index (Phi) is 6.32. The first kappa shape index (κ1) is 20.6. The Bertz CT molecular complexity index is 993. The van der Waals surface area contributed by atoms with Crippen LogP contribution in [0, 0.1) is 5.92 Å². The van der Waals surface area contributed by atoms with Gasteiger partial charge in [0.2, 0.25) is 0 Å². The summed E-state index contributed by atoms with van der Waals surface area (Å²) in [5.74, 6) is -0.194. The SMILES string of the molecule is CC(C)C[C@@H](NC(=O)C(=O)Nc1ccc2oc(C(C)C)nc2c1)c1ccccc1. The molecule has 0 spiro atoms. The van der Waals surface area contributed by atoms with Crippen molar-refractivity contribution in [1.29, 1.82) is 0 Å². The molecule has 1 atom stereocenters. The molecular formula is C23H27N3O3. The molecule has 2 amide bonds. The molecule has 0 saturated carbocycles. The molecule has 6 nitrogen and oxygen atoms in total. The van der Waals surface area contributed by atoms with Crippen molar-refractivity contribution in [2.45, 2.75) is 46.1 Å². The summed E-state index contributed by atoms with van der Waals surface area (Å²) >= 11 is 0. The number of fused-ring (bicyclic) bond motifs is 1. The Morgan fingerprint density at radius 1 is 1.00 bits per heavy atom. The Morgan fingerprint density at radius 3 is 2.38 bits per heavy atom. The van der Waals surface area contributed by atoms with Gasteiger partial charge in [-0.1, -0.05) is 58.0 Å². The minimum Gasteiger partial charge on any atom is -0.440 e. The summed E-state index contributed by atoms with van der Waals surface area (Å²) in [6, 6.07) is 14.6. The Hall–Kier alpha value is -3.15. The van der Waals surface area contributed by atoms with Crippen molar-refractivity contribution in [2.24, 2.45) is 5.92 Å². The van der Waals surface area contributed by atoms with Crippen LogP contribution in [-0.2, 0) is 9.59 Å². The molecule has 0 bridgehead atoms. The van der Waals surface area contributed by atoms with Gasteiger partial charge in [0.25, 0.3) is 0 Å². The van der Waals surface area contributed by atoms with Gasteiger partial charge in [0.1, 0.15) is 5.52 Å². The molecule has 0 aliphatic heterocycles. The first-order chi connectivity index (χ1) is 13.8. The van der Waals surface area contributed by atoms with Gasteiger partial charge < -0.3 is 15.1 Å². The van der Waals surface area contributed by atoms with Crippen molar-refractivity contribution in [3.05, 3.63) is 60.0 Å². The number of nitrogens with one attached hydrogen (secondary N) is 2. The average molecular weight is 393 g/mol. The largest absolute Gasteiger partial charge is 0.440 e. The monoisotopic (exact) mass is 393 g/mol. The molecule has 3 rings (SSSR count). The highest BCUT2D eigenvalue weighted by Gasteiger charge is 2.21. The highest BCUT2D eigenvalue weighted by Crippen LogP contribution is 2.24. The van der Waals surface area contributed by atoms with Gasteiger partial charge in [0, 0.05) is 11.6 Å². The van der Waals surface area contributed by atoms with E-state index in [1.165, 1.54) is 0 Å². The van der Waals surface area contributed by atoms with Crippen LogP contribution in [0.25, 0.3) is 11.1 Å². The molecule has 0 fully saturated rings. The summed E-state index contributed by atoms with van der Waals surface area (Å²) in [5, 5.41) is 5.51. The lowest BCUT2D eigenvalue weighted by molar-refractivity contribution is -0.136. The van der Waals surface area contributed by atoms with Gasteiger partial charge in [-0.2, -0.15) is 0 Å². The zero-order valence-electron chi connectivity index (χ0n) is 17.2. The summed E-state index contributed by atoms with van der Waals surface area (Å²) in [5.41, 5.74) is 2.78. The lowest BCUT2D eigenvalue weighted by atomic mass is 9.97. The van der Waals surface area contributed by atoms with Gasteiger partial charge in [-0.05, 0) is 36.1 Å². The average Bonchev–Trinajstić information content (AvgIpc) is 3.11. The number of carbonyl (C=O) groups is 2. The van der Waals surface area contributed by atoms with E-state index in [0.29, 0.717) is 28.6 Å². The van der Waals surface area contributed by atoms with E-state index in [9.17, 15) is 9.59 Å². The number of oxazole rings is 1. The molecule has 1 aromatic heterocycles. The topological polar surface area (TPSA) is 84.2 Å². The molecule has 1 heterocycles. The van der Waals surface area contributed by atoms with E-state index < -0.39 is 11.8 Å². The Labute approximate surface area is 170 Å². The summed E-state index contributed by atoms with van der Waals surface area (Å²) in [6.45, 7) is 8.16. The molecule has 29 heavy (non-hydrogen) atoms. The van der Waals surface area contributed by atoms with E-state index in [-0.39, 0.29) is 12.0 Å². The van der Waals surface area contributed by atoms with E-state index in [1.54, 1.807) is 18.2 Å². The minimum atomic E-state index is -0.707. The summed E-state index contributed by atoms with van der Waals surface area (Å²) in [7, 11) is 0. The van der Waals surface area contributed by atoms with Crippen molar-refractivity contribution in [1.82, 2.24) is 10.3 Å². The Morgan fingerprint density at radius 2 is 1.72 bits per heavy atom. The van der Waals surface area contributed by atoms with Crippen LogP contribution in [0.2, 0.25) is 0 Å². The van der Waals surface area contributed by atoms with Gasteiger partial charge >= 0.3 is 11.8 Å². The molecule has 6 heteroatoms. The number of amides is 2. The fraction of sp³-hybridized carbons (Fsp3) is 0.348. The van der Waals surface area contributed by atoms with Gasteiger partial charge in [-0.25, -0.2) is 4.98 Å². The maximum absolute atomic E-state index is 12.5. The Balaban J connectivity index is 1.70. The fourth-order valence-electron chi connectivity index (χ4n) is 3.12. The first-order valence-electron chi connectivity index (χ1n) is 9.90. The third-order valence-corrected chi connectivity index (χ3v) is 4.58. The van der Waals surface area contributed by atoms with Crippen LogP contribution in [0.3, 0.4) is 0 Å². The first-order valence-corrected chi connectivity index (χ1v) is 9.90. The van der Waals surface area contributed by atoms with Crippen LogP contribution in [0.1, 0.15) is 57.5 Å². The predicted molar refractivity (Wildman–Crippen MR) is 114 cm³/mol. The third kappa shape index (κ3) is 5.22. The van der Waals surface area contributed by atoms with Gasteiger partial charge in [0.05, 0.1) is 6.04 Å². The van der Waals surface area contributed by atoms with Crippen molar-refractivity contribution in [3.8, 4) is 0 Å². The standard InChI is InChI=1S/C23H27N3O3/c1-14(2)12-18(16-8-6-5-7-9-16)25-22(28)21(27)24-17-10-11-20-19(13-17)26-23(29-20)15(3)4/h5-11,13-15,18H,12H2,1-4H3,(H,24,27)(H,25,28)/t18-/m1/s1. The summed E-state index contributed by atoms with van der Waals surface area (Å²) < 4.78 is 5.67. The molecule has 0 radical (unpaired) electrons. The molecule has 0 unspecified atom stereocenters. The zero-order valence-corrected chi connectivity index (χ0v) is 17.2. The minimum absolute atomic E-state index is 0.169. The second kappa shape index (κ2) is 8.90. The van der Waals surface area contributed by atoms with E-state index in [0.717, 1.165) is 12.0 Å². The highest BCUT2D eigenvalue weighted by atomic mass is 16.3. The number of nitrogens with zero attached hydrogens (tertiary/aromatic N) is 1. The quantitative estimate of drug-likeness (QED) is 0.590. The number of hydrogen-bond acceptors (Lipinski definition) is 4. The molecule has 0 aliphatic carbocycles. The number of carbonyl (C=O) groups excluding carboxylic acids is 2. The fourth-order valence-corrected chi connectivity index (χ4v) is 3.12. The van der Waals surface area contributed by atoms with E-state index >= 15 is 0 Å². The van der Waals surface area contributed by atoms with Crippen LogP contribution in [0.15, 0.2) is 52.9 Å². The lowest BCUT2D eigenvalue weighted by Gasteiger charge is -2.21. The number of rotatable bonds is 6. The number of aromatic nitrogens is 1. The highest BCUT2D eigenvalue weighted by molar-refractivity contribution is 6.39. The number of benzene rings is 2. The number of anilines is 1. The van der Waals surface area contributed by atoms with Crippen LogP contribution < -0.4 is 10.6 Å². The van der Waals surface area contributed by atoms with Crippen LogP contribution in [0.4, 0.5) is 5.69 Å². The predicted octanol–water partition coefficient (Wildman–Crippen LogP) is 4.79. The van der Waals surface area contributed by atoms with Crippen LogP contribution in [-0.4, -0.2) is 16.8 Å². The molecular weight excluding hydrogens is 366 g/mol. The van der Waals surface area contributed by atoms with E-state index in [2.05, 4.69) is 29.5 Å². The van der Waals surface area contributed by atoms with Crippen molar-refractivity contribution in [3.63, 3.8) is 0 Å². The maximum atomic E-state index is 12.5. The maximum Gasteiger partial charge on any atom is 0.313 e. The zero-order chi connectivity index (χ0) is 21.0. The second-order valence-electron chi connectivity index (χ2n) is 7.91. The van der Waals surface area contributed by atoms with Gasteiger partial charge in [-0.3, -0.25) is 9.59 Å². The third-order valence-electron chi connectivity index (χ3n) is 4.58. The molecule has 0 aliphatic rings. The molecule has 2 aromatic carbocycles. The van der Waals surface area contributed by atoms with E-state index in [4.69, 9.17) is 4.42 Å². The van der Waals surface area contributed by atoms with Crippen molar-refractivity contribution in [2.75, 3.05) is 5.32 Å². The summed E-state index contributed by atoms with van der Waals surface area (Å²) in [4.78, 5) is 29.4.